The first-order chi connectivity index (χ1) is 13.3. The summed E-state index contributed by atoms with van der Waals surface area (Å²) in [5, 5.41) is 3.19. The summed E-state index contributed by atoms with van der Waals surface area (Å²) in [6.07, 6.45) is 3.46. The van der Waals surface area contributed by atoms with Crippen molar-refractivity contribution < 1.29 is 4.79 Å². The quantitative estimate of drug-likeness (QED) is 0.854. The summed E-state index contributed by atoms with van der Waals surface area (Å²) in [6, 6.07) is 21.5. The number of nitrogens with one attached hydrogen (secondary N) is 1. The molecule has 0 aliphatic carbocycles. The molecule has 4 rings (SSSR count). The molecule has 27 heavy (non-hydrogen) atoms. The summed E-state index contributed by atoms with van der Waals surface area (Å²) < 4.78 is 0. The molecule has 2 fully saturated rings. The van der Waals surface area contributed by atoms with Gasteiger partial charge in [-0.2, -0.15) is 0 Å². The molecule has 0 aromatic heterocycles. The summed E-state index contributed by atoms with van der Waals surface area (Å²) in [5.74, 6) is 0.702. The molecule has 142 valence electrons. The van der Waals surface area contributed by atoms with E-state index in [1.54, 1.807) is 0 Å². The third-order valence-electron chi connectivity index (χ3n) is 5.89. The van der Waals surface area contributed by atoms with Crippen molar-refractivity contribution >= 4 is 11.6 Å². The second kappa shape index (κ2) is 8.57. The topological polar surface area (TPSA) is 35.6 Å². The highest BCUT2D eigenvalue weighted by Gasteiger charge is 2.28. The largest absolute Gasteiger partial charge is 0.371 e. The predicted molar refractivity (Wildman–Crippen MR) is 110 cm³/mol. The smallest absolute Gasteiger partial charge is 0.234 e. The van der Waals surface area contributed by atoms with Crippen LogP contribution in [0.15, 0.2) is 60.7 Å². The first kappa shape index (κ1) is 18.1. The number of hydrogen-bond donors (Lipinski definition) is 1. The van der Waals surface area contributed by atoms with Gasteiger partial charge in [0, 0.05) is 31.4 Å². The van der Waals surface area contributed by atoms with Gasteiger partial charge in [0.05, 0.1) is 6.54 Å². The van der Waals surface area contributed by atoms with E-state index < -0.39 is 0 Å². The Labute approximate surface area is 162 Å². The van der Waals surface area contributed by atoms with Crippen LogP contribution in [0.2, 0.25) is 0 Å². The van der Waals surface area contributed by atoms with Crippen molar-refractivity contribution in [3.8, 4) is 0 Å². The zero-order valence-corrected chi connectivity index (χ0v) is 15.9. The van der Waals surface area contributed by atoms with E-state index in [0.29, 0.717) is 18.5 Å². The zero-order valence-electron chi connectivity index (χ0n) is 15.9. The summed E-state index contributed by atoms with van der Waals surface area (Å²) in [7, 11) is 0. The second-order valence-corrected chi connectivity index (χ2v) is 7.78. The Hall–Kier alpha value is -2.33. The number of hydrogen-bond acceptors (Lipinski definition) is 3. The van der Waals surface area contributed by atoms with E-state index in [4.69, 9.17) is 0 Å². The molecule has 4 nitrogen and oxygen atoms in total. The number of nitrogens with zero attached hydrogens (tertiary/aromatic N) is 2. The molecule has 0 saturated carbocycles. The van der Waals surface area contributed by atoms with Gasteiger partial charge in [-0.25, -0.2) is 0 Å². The molecule has 0 spiro atoms. The minimum absolute atomic E-state index is 0.163. The van der Waals surface area contributed by atoms with Gasteiger partial charge in [-0.05, 0) is 49.4 Å². The van der Waals surface area contributed by atoms with Crippen molar-refractivity contribution in [3.05, 3.63) is 66.2 Å². The Bertz CT molecular complexity index is 734. The van der Waals surface area contributed by atoms with Gasteiger partial charge in [-0.1, -0.05) is 48.5 Å². The normalized spacial score (nSPS) is 22.9. The lowest BCUT2D eigenvalue weighted by Crippen LogP contribution is -2.39. The number of para-hydroxylation sites is 1. The lowest BCUT2D eigenvalue weighted by molar-refractivity contribution is -0.122. The summed E-state index contributed by atoms with van der Waals surface area (Å²) in [4.78, 5) is 17.3. The molecule has 0 radical (unpaired) electrons. The molecule has 2 heterocycles. The fourth-order valence-electron chi connectivity index (χ4n) is 4.44. The maximum absolute atomic E-state index is 12.5. The van der Waals surface area contributed by atoms with Gasteiger partial charge in [-0.15, -0.1) is 0 Å². The van der Waals surface area contributed by atoms with Gasteiger partial charge in [0.15, 0.2) is 0 Å². The highest BCUT2D eigenvalue weighted by atomic mass is 16.2. The SMILES string of the molecule is O=C(CN1CCC[C@H]1c1ccccc1)NC[C@@H]1CCN(c2ccccc2)C1. The van der Waals surface area contributed by atoms with Crippen LogP contribution in [0.4, 0.5) is 5.69 Å². The lowest BCUT2D eigenvalue weighted by Gasteiger charge is -2.24. The van der Waals surface area contributed by atoms with Crippen LogP contribution in [0, 0.1) is 5.92 Å². The average Bonchev–Trinajstić information content (AvgIpc) is 3.37. The Morgan fingerprint density at radius 3 is 2.48 bits per heavy atom. The van der Waals surface area contributed by atoms with Crippen molar-refractivity contribution in [3.63, 3.8) is 0 Å². The predicted octanol–water partition coefficient (Wildman–Crippen LogP) is 3.47. The average molecular weight is 364 g/mol. The van der Waals surface area contributed by atoms with Gasteiger partial charge in [0.25, 0.3) is 0 Å². The highest BCUT2D eigenvalue weighted by Crippen LogP contribution is 2.31. The minimum atomic E-state index is 0.163. The Morgan fingerprint density at radius 2 is 1.70 bits per heavy atom. The van der Waals surface area contributed by atoms with Crippen LogP contribution in [0.5, 0.6) is 0 Å². The van der Waals surface area contributed by atoms with Crippen LogP contribution in [0.1, 0.15) is 30.9 Å². The number of rotatable bonds is 6. The van der Waals surface area contributed by atoms with Crippen molar-refractivity contribution in [2.75, 3.05) is 37.6 Å². The van der Waals surface area contributed by atoms with Gasteiger partial charge in [0.2, 0.25) is 5.91 Å². The van der Waals surface area contributed by atoms with E-state index in [9.17, 15) is 4.79 Å². The highest BCUT2D eigenvalue weighted by molar-refractivity contribution is 5.78. The second-order valence-electron chi connectivity index (χ2n) is 7.78. The van der Waals surface area contributed by atoms with Crippen molar-refractivity contribution in [1.29, 1.82) is 0 Å². The van der Waals surface area contributed by atoms with Crippen LogP contribution in [0.25, 0.3) is 0 Å². The number of anilines is 1. The molecule has 2 atom stereocenters. The maximum atomic E-state index is 12.5. The lowest BCUT2D eigenvalue weighted by atomic mass is 10.0. The maximum Gasteiger partial charge on any atom is 0.234 e. The molecular formula is C23H29N3O. The molecule has 0 bridgehead atoms. The molecule has 0 unspecified atom stereocenters. The van der Waals surface area contributed by atoms with Gasteiger partial charge in [-0.3, -0.25) is 9.69 Å². The van der Waals surface area contributed by atoms with E-state index in [2.05, 4.69) is 75.8 Å². The first-order valence-corrected chi connectivity index (χ1v) is 10.2. The molecular weight excluding hydrogens is 334 g/mol. The van der Waals surface area contributed by atoms with Gasteiger partial charge in [0.1, 0.15) is 0 Å². The Morgan fingerprint density at radius 1 is 0.963 bits per heavy atom. The molecule has 2 aliphatic rings. The van der Waals surface area contributed by atoms with E-state index >= 15 is 0 Å². The number of carbonyl (C=O) groups excluding carboxylic acids is 1. The Kier molecular flexibility index (Phi) is 5.73. The molecule has 2 aliphatic heterocycles. The van der Waals surface area contributed by atoms with E-state index in [1.165, 1.54) is 17.7 Å². The number of benzene rings is 2. The van der Waals surface area contributed by atoms with Gasteiger partial charge < -0.3 is 10.2 Å². The number of carbonyl (C=O) groups is 1. The van der Waals surface area contributed by atoms with Crippen LogP contribution in [-0.4, -0.2) is 43.5 Å². The number of amides is 1. The van der Waals surface area contributed by atoms with E-state index in [-0.39, 0.29) is 5.91 Å². The third kappa shape index (κ3) is 4.51. The fourth-order valence-corrected chi connectivity index (χ4v) is 4.44. The van der Waals surface area contributed by atoms with Crippen LogP contribution >= 0.6 is 0 Å². The molecule has 1 amide bonds. The van der Waals surface area contributed by atoms with E-state index in [1.807, 2.05) is 0 Å². The molecule has 4 heteroatoms. The first-order valence-electron chi connectivity index (χ1n) is 10.2. The standard InChI is InChI=1S/C23H29N3O/c27-23(18-26-14-7-12-22(26)20-8-3-1-4-9-20)24-16-19-13-15-25(17-19)21-10-5-2-6-11-21/h1-6,8-11,19,22H,7,12-18H2,(H,24,27)/t19-,22-/m0/s1. The zero-order chi connectivity index (χ0) is 18.5. The summed E-state index contributed by atoms with van der Waals surface area (Å²) >= 11 is 0. The van der Waals surface area contributed by atoms with Crippen LogP contribution in [0.3, 0.4) is 0 Å². The molecule has 2 saturated heterocycles. The fraction of sp³-hybridized carbons (Fsp3) is 0.435. The molecule has 2 aromatic rings. The third-order valence-corrected chi connectivity index (χ3v) is 5.89. The van der Waals surface area contributed by atoms with Crippen molar-refractivity contribution in [2.24, 2.45) is 5.92 Å². The van der Waals surface area contributed by atoms with Crippen LogP contribution in [-0.2, 0) is 4.79 Å². The van der Waals surface area contributed by atoms with Crippen LogP contribution < -0.4 is 10.2 Å². The number of likely N-dealkylation sites (tertiary alicyclic amines) is 1. The summed E-state index contributed by atoms with van der Waals surface area (Å²) in [5.41, 5.74) is 2.62. The Balaban J connectivity index is 1.24. The summed E-state index contributed by atoms with van der Waals surface area (Å²) in [6.45, 7) is 4.41. The monoisotopic (exact) mass is 363 g/mol. The van der Waals surface area contributed by atoms with Gasteiger partial charge >= 0.3 is 0 Å². The molecule has 2 aromatic carbocycles. The van der Waals surface area contributed by atoms with Crippen molar-refractivity contribution in [1.82, 2.24) is 10.2 Å². The molecule has 1 N–H and O–H groups in total. The van der Waals surface area contributed by atoms with Crippen molar-refractivity contribution in [2.45, 2.75) is 25.3 Å². The van der Waals surface area contributed by atoms with E-state index in [0.717, 1.165) is 39.0 Å². The minimum Gasteiger partial charge on any atom is -0.371 e.